The predicted octanol–water partition coefficient (Wildman–Crippen LogP) is 1.31. The number of carboxylic acids is 1. The predicted molar refractivity (Wildman–Crippen MR) is 71.0 cm³/mol. The van der Waals surface area contributed by atoms with Gasteiger partial charge in [0.25, 0.3) is 0 Å². The van der Waals surface area contributed by atoms with Gasteiger partial charge in [-0.15, -0.1) is 0 Å². The van der Waals surface area contributed by atoms with Crippen LogP contribution < -0.4 is 5.32 Å². The average molecular weight is 272 g/mol. The Hall–Kier alpha value is -1.30. The SMILES string of the molecule is CCCOC1CCCN(C(=O)NCC(C)C(=O)O)C1. The van der Waals surface area contributed by atoms with Crippen LogP contribution in [0.25, 0.3) is 0 Å². The number of urea groups is 1. The molecule has 0 radical (unpaired) electrons. The first-order valence-corrected chi connectivity index (χ1v) is 6.91. The number of nitrogens with one attached hydrogen (secondary N) is 1. The molecule has 2 N–H and O–H groups in total. The molecule has 0 bridgehead atoms. The zero-order valence-corrected chi connectivity index (χ0v) is 11.7. The molecule has 6 heteroatoms. The van der Waals surface area contributed by atoms with Gasteiger partial charge in [-0.25, -0.2) is 4.79 Å². The Morgan fingerprint density at radius 2 is 2.26 bits per heavy atom. The highest BCUT2D eigenvalue weighted by atomic mass is 16.5. The normalized spacial score (nSPS) is 20.9. The van der Waals surface area contributed by atoms with Crippen molar-refractivity contribution < 1.29 is 19.4 Å². The summed E-state index contributed by atoms with van der Waals surface area (Å²) >= 11 is 0. The fourth-order valence-corrected chi connectivity index (χ4v) is 1.98. The maximum atomic E-state index is 11.9. The third kappa shape index (κ3) is 5.46. The van der Waals surface area contributed by atoms with Crippen molar-refractivity contribution >= 4 is 12.0 Å². The number of carboxylic acid groups (broad SMARTS) is 1. The van der Waals surface area contributed by atoms with Crippen LogP contribution in [0.1, 0.15) is 33.1 Å². The van der Waals surface area contributed by atoms with Crippen LogP contribution in [-0.4, -0.2) is 54.4 Å². The van der Waals surface area contributed by atoms with E-state index < -0.39 is 11.9 Å². The Balaban J connectivity index is 2.33. The molecule has 0 spiro atoms. The smallest absolute Gasteiger partial charge is 0.317 e. The Kier molecular flexibility index (Phi) is 6.62. The number of rotatable bonds is 6. The lowest BCUT2D eigenvalue weighted by molar-refractivity contribution is -0.140. The van der Waals surface area contributed by atoms with Crippen molar-refractivity contribution in [3.05, 3.63) is 0 Å². The van der Waals surface area contributed by atoms with E-state index in [0.29, 0.717) is 13.1 Å². The zero-order chi connectivity index (χ0) is 14.3. The molecule has 1 heterocycles. The van der Waals surface area contributed by atoms with Gasteiger partial charge in [-0.2, -0.15) is 0 Å². The number of hydrogen-bond acceptors (Lipinski definition) is 3. The molecule has 6 nitrogen and oxygen atoms in total. The van der Waals surface area contributed by atoms with Gasteiger partial charge in [0.05, 0.1) is 12.0 Å². The van der Waals surface area contributed by atoms with Crippen molar-refractivity contribution in [3.63, 3.8) is 0 Å². The molecule has 0 aromatic carbocycles. The monoisotopic (exact) mass is 272 g/mol. The number of amides is 2. The first kappa shape index (κ1) is 15.8. The van der Waals surface area contributed by atoms with Gasteiger partial charge in [0, 0.05) is 26.2 Å². The van der Waals surface area contributed by atoms with Crippen LogP contribution >= 0.6 is 0 Å². The summed E-state index contributed by atoms with van der Waals surface area (Å²) in [6, 6.07) is -0.196. The number of nitrogens with zero attached hydrogens (tertiary/aromatic N) is 1. The lowest BCUT2D eigenvalue weighted by Crippen LogP contribution is -2.48. The summed E-state index contributed by atoms with van der Waals surface area (Å²) in [5.41, 5.74) is 0. The molecule has 1 rings (SSSR count). The third-order valence-electron chi connectivity index (χ3n) is 3.20. The van der Waals surface area contributed by atoms with Crippen molar-refractivity contribution in [3.8, 4) is 0 Å². The molecule has 1 aliphatic heterocycles. The first-order chi connectivity index (χ1) is 9.04. The summed E-state index contributed by atoms with van der Waals surface area (Å²) in [4.78, 5) is 24.3. The summed E-state index contributed by atoms with van der Waals surface area (Å²) in [5.74, 6) is -1.47. The zero-order valence-electron chi connectivity index (χ0n) is 11.7. The van der Waals surface area contributed by atoms with Crippen LogP contribution in [-0.2, 0) is 9.53 Å². The highest BCUT2D eigenvalue weighted by Crippen LogP contribution is 2.13. The van der Waals surface area contributed by atoms with E-state index in [4.69, 9.17) is 9.84 Å². The summed E-state index contributed by atoms with van der Waals surface area (Å²) in [6.45, 7) is 5.81. The highest BCUT2D eigenvalue weighted by molar-refractivity contribution is 5.76. The van der Waals surface area contributed by atoms with Gasteiger partial charge in [-0.05, 0) is 19.3 Å². The molecule has 2 unspecified atom stereocenters. The van der Waals surface area contributed by atoms with Crippen molar-refractivity contribution in [2.75, 3.05) is 26.2 Å². The van der Waals surface area contributed by atoms with E-state index >= 15 is 0 Å². The maximum absolute atomic E-state index is 11.9. The molecule has 1 saturated heterocycles. The number of hydrogen-bond donors (Lipinski definition) is 2. The van der Waals surface area contributed by atoms with E-state index in [1.54, 1.807) is 11.8 Å². The van der Waals surface area contributed by atoms with Crippen LogP contribution in [0, 0.1) is 5.92 Å². The van der Waals surface area contributed by atoms with Crippen molar-refractivity contribution in [2.45, 2.75) is 39.2 Å². The Labute approximate surface area is 114 Å². The van der Waals surface area contributed by atoms with Crippen LogP contribution in [0.15, 0.2) is 0 Å². The fraction of sp³-hybridized carbons (Fsp3) is 0.846. The van der Waals surface area contributed by atoms with Crippen LogP contribution in [0.4, 0.5) is 4.79 Å². The Bertz CT molecular complexity index is 309. The number of aliphatic carboxylic acids is 1. The number of carbonyl (C=O) groups is 2. The highest BCUT2D eigenvalue weighted by Gasteiger charge is 2.24. The molecule has 2 amide bonds. The number of piperidine rings is 1. The molecule has 19 heavy (non-hydrogen) atoms. The van der Waals surface area contributed by atoms with Crippen molar-refractivity contribution in [2.24, 2.45) is 5.92 Å². The van der Waals surface area contributed by atoms with Gasteiger partial charge >= 0.3 is 12.0 Å². The minimum Gasteiger partial charge on any atom is -0.481 e. The molecule has 1 fully saturated rings. The molecule has 0 aromatic rings. The fourth-order valence-electron chi connectivity index (χ4n) is 1.98. The molecule has 0 saturated carbocycles. The lowest BCUT2D eigenvalue weighted by atomic mass is 10.1. The minimum atomic E-state index is -0.900. The van der Waals surface area contributed by atoms with E-state index in [0.717, 1.165) is 25.9 Å². The average Bonchev–Trinajstić information content (AvgIpc) is 2.42. The van der Waals surface area contributed by atoms with Gasteiger partial charge in [-0.3, -0.25) is 4.79 Å². The standard InChI is InChI=1S/C13H24N2O4/c1-3-7-19-11-5-4-6-15(9-11)13(18)14-8-10(2)12(16)17/h10-11H,3-9H2,1-2H3,(H,14,18)(H,16,17). The number of ether oxygens (including phenoxy) is 1. The van der Waals surface area contributed by atoms with Gasteiger partial charge in [0.2, 0.25) is 0 Å². The van der Waals surface area contributed by atoms with Gasteiger partial charge < -0.3 is 20.1 Å². The van der Waals surface area contributed by atoms with Crippen LogP contribution in [0.2, 0.25) is 0 Å². The molecule has 2 atom stereocenters. The summed E-state index contributed by atoms with van der Waals surface area (Å²) in [7, 11) is 0. The Morgan fingerprint density at radius 1 is 1.53 bits per heavy atom. The lowest BCUT2D eigenvalue weighted by Gasteiger charge is -2.32. The van der Waals surface area contributed by atoms with Crippen molar-refractivity contribution in [1.29, 1.82) is 0 Å². The summed E-state index contributed by atoms with van der Waals surface area (Å²) in [5, 5.41) is 11.4. The molecule has 0 aliphatic carbocycles. The van der Waals surface area contributed by atoms with Crippen LogP contribution in [0.5, 0.6) is 0 Å². The molecule has 110 valence electrons. The molecular formula is C13H24N2O4. The van der Waals surface area contributed by atoms with E-state index in [-0.39, 0.29) is 18.7 Å². The summed E-state index contributed by atoms with van der Waals surface area (Å²) in [6.07, 6.45) is 2.99. The van der Waals surface area contributed by atoms with E-state index in [2.05, 4.69) is 12.2 Å². The van der Waals surface area contributed by atoms with Crippen LogP contribution in [0.3, 0.4) is 0 Å². The topological polar surface area (TPSA) is 78.9 Å². The van der Waals surface area contributed by atoms with E-state index in [1.807, 2.05) is 0 Å². The molecular weight excluding hydrogens is 248 g/mol. The van der Waals surface area contributed by atoms with Gasteiger partial charge in [-0.1, -0.05) is 13.8 Å². The Morgan fingerprint density at radius 3 is 2.89 bits per heavy atom. The first-order valence-electron chi connectivity index (χ1n) is 6.91. The van der Waals surface area contributed by atoms with Gasteiger partial charge in [0.1, 0.15) is 0 Å². The maximum Gasteiger partial charge on any atom is 0.317 e. The number of carbonyl (C=O) groups excluding carboxylic acids is 1. The second kappa shape index (κ2) is 7.99. The van der Waals surface area contributed by atoms with Crippen molar-refractivity contribution in [1.82, 2.24) is 10.2 Å². The summed E-state index contributed by atoms with van der Waals surface area (Å²) < 4.78 is 5.66. The quantitative estimate of drug-likeness (QED) is 0.764. The minimum absolute atomic E-state index is 0.108. The largest absolute Gasteiger partial charge is 0.481 e. The van der Waals surface area contributed by atoms with E-state index in [9.17, 15) is 9.59 Å². The second-order valence-electron chi connectivity index (χ2n) is 5.01. The molecule has 0 aromatic heterocycles. The number of likely N-dealkylation sites (tertiary alicyclic amines) is 1. The van der Waals surface area contributed by atoms with E-state index in [1.165, 1.54) is 0 Å². The third-order valence-corrected chi connectivity index (χ3v) is 3.20. The second-order valence-corrected chi connectivity index (χ2v) is 5.01. The van der Waals surface area contributed by atoms with Gasteiger partial charge in [0.15, 0.2) is 0 Å². The molecule has 1 aliphatic rings.